The highest BCUT2D eigenvalue weighted by molar-refractivity contribution is 7.87. The highest BCUT2D eigenvalue weighted by Crippen LogP contribution is 2.47. The summed E-state index contributed by atoms with van der Waals surface area (Å²) in [5.41, 5.74) is 3.86. The van der Waals surface area contributed by atoms with Crippen LogP contribution in [0, 0.1) is 20.8 Å². The lowest BCUT2D eigenvalue weighted by Gasteiger charge is -2.33. The lowest BCUT2D eigenvalue weighted by Crippen LogP contribution is -2.38. The second-order valence-corrected chi connectivity index (χ2v) is 13.4. The Labute approximate surface area is 237 Å². The van der Waals surface area contributed by atoms with E-state index in [1.54, 1.807) is 24.3 Å². The van der Waals surface area contributed by atoms with Crippen LogP contribution in [0.4, 0.5) is 0 Å². The third-order valence-electron chi connectivity index (χ3n) is 8.03. The van der Waals surface area contributed by atoms with Gasteiger partial charge in [-0.1, -0.05) is 17.7 Å². The summed E-state index contributed by atoms with van der Waals surface area (Å²) in [5, 5.41) is 0. The summed E-state index contributed by atoms with van der Waals surface area (Å²) in [7, 11) is -4.04. The van der Waals surface area contributed by atoms with Gasteiger partial charge in [0.1, 0.15) is 28.1 Å². The second-order valence-electron chi connectivity index (χ2n) is 11.9. The number of aryl methyl sites for hydroxylation is 1. The molecule has 3 heterocycles. The molecule has 0 amide bonds. The maximum Gasteiger partial charge on any atom is 0.339 e. The molecule has 2 aromatic carbocycles. The summed E-state index contributed by atoms with van der Waals surface area (Å²) in [6, 6.07) is 6.63. The van der Waals surface area contributed by atoms with Crippen molar-refractivity contribution in [1.29, 1.82) is 0 Å². The largest absolute Gasteiger partial charge is 0.487 e. The fourth-order valence-corrected chi connectivity index (χ4v) is 6.94. The molecule has 2 fully saturated rings. The molecule has 2 saturated heterocycles. The second kappa shape index (κ2) is 11.3. The van der Waals surface area contributed by atoms with Gasteiger partial charge in [0, 0.05) is 36.1 Å². The average Bonchev–Trinajstić information content (AvgIpc) is 3.22. The number of carbonyl (C=O) groups excluding carboxylic acids is 1. The zero-order chi connectivity index (χ0) is 28.7. The first-order chi connectivity index (χ1) is 18.9. The summed E-state index contributed by atoms with van der Waals surface area (Å²) in [5.74, 6) is 0.853. The molecule has 3 aliphatic heterocycles. The summed E-state index contributed by atoms with van der Waals surface area (Å²) in [6.07, 6.45) is 4.66. The van der Waals surface area contributed by atoms with Gasteiger partial charge in [0.2, 0.25) is 0 Å². The monoisotopic (exact) mass is 572 g/mol. The predicted molar refractivity (Wildman–Crippen MR) is 149 cm³/mol. The van der Waals surface area contributed by atoms with Crippen LogP contribution in [0.5, 0.6) is 11.5 Å². The number of rotatable bonds is 8. The molecule has 0 aliphatic carbocycles. The summed E-state index contributed by atoms with van der Waals surface area (Å²) >= 11 is 0. The number of carbonyl (C=O) groups is 1. The Morgan fingerprint density at radius 3 is 2.50 bits per heavy atom. The van der Waals surface area contributed by atoms with Crippen LogP contribution in [0.15, 0.2) is 29.2 Å². The highest BCUT2D eigenvalue weighted by Gasteiger charge is 2.38. The Hall–Kier alpha value is -2.62. The van der Waals surface area contributed by atoms with E-state index in [2.05, 4.69) is 0 Å². The third-order valence-corrected chi connectivity index (χ3v) is 9.27. The third kappa shape index (κ3) is 6.31. The number of esters is 1. The van der Waals surface area contributed by atoms with Gasteiger partial charge in [0.05, 0.1) is 12.5 Å². The normalized spacial score (nSPS) is 24.2. The number of hydrogen-bond donors (Lipinski definition) is 0. The first kappa shape index (κ1) is 28.9. The van der Waals surface area contributed by atoms with Crippen molar-refractivity contribution in [2.24, 2.45) is 0 Å². The van der Waals surface area contributed by atoms with E-state index >= 15 is 0 Å². The molecule has 9 heteroatoms. The average molecular weight is 573 g/mol. The van der Waals surface area contributed by atoms with Crippen molar-refractivity contribution >= 4 is 16.1 Å². The first-order valence-corrected chi connectivity index (χ1v) is 15.6. The fraction of sp³-hybridized carbons (Fsp3) is 0.581. The van der Waals surface area contributed by atoms with E-state index in [9.17, 15) is 13.2 Å². The van der Waals surface area contributed by atoms with Crippen LogP contribution in [0.2, 0.25) is 0 Å². The van der Waals surface area contributed by atoms with Gasteiger partial charge in [-0.15, -0.1) is 0 Å². The number of benzene rings is 2. The van der Waals surface area contributed by atoms with E-state index in [0.29, 0.717) is 38.0 Å². The highest BCUT2D eigenvalue weighted by atomic mass is 32.2. The quantitative estimate of drug-likeness (QED) is 0.296. The minimum Gasteiger partial charge on any atom is -0.487 e. The van der Waals surface area contributed by atoms with Crippen molar-refractivity contribution in [3.63, 3.8) is 0 Å². The molecular weight excluding hydrogens is 532 g/mol. The Kier molecular flexibility index (Phi) is 8.19. The van der Waals surface area contributed by atoms with Crippen molar-refractivity contribution in [3.8, 4) is 11.5 Å². The topological polar surface area (TPSA) is 97.4 Å². The fourth-order valence-electron chi connectivity index (χ4n) is 5.90. The molecule has 5 rings (SSSR count). The van der Waals surface area contributed by atoms with Gasteiger partial charge in [0.15, 0.2) is 6.29 Å². The van der Waals surface area contributed by atoms with Crippen molar-refractivity contribution in [1.82, 2.24) is 0 Å². The Bertz CT molecular complexity index is 1360. The molecule has 1 unspecified atom stereocenters. The molecule has 0 radical (unpaired) electrons. The van der Waals surface area contributed by atoms with E-state index in [4.69, 9.17) is 23.1 Å². The predicted octanol–water partition coefficient (Wildman–Crippen LogP) is 5.64. The van der Waals surface area contributed by atoms with E-state index in [1.165, 1.54) is 0 Å². The van der Waals surface area contributed by atoms with Crippen molar-refractivity contribution in [3.05, 3.63) is 52.1 Å². The van der Waals surface area contributed by atoms with Crippen LogP contribution < -0.4 is 8.92 Å². The van der Waals surface area contributed by atoms with E-state index in [0.717, 1.165) is 52.8 Å². The standard InChI is InChI=1S/C31H40O8S/c1-19-9-12-24(13-10-19)40(33,34)39-29-20(2)25(30-26(21(29)3)18-31(4,5)38-30)14-11-22-16-23(17-27(32)36-22)37-28-8-6-7-15-35-28/h9-10,12-13,22-23,28H,6-8,11,14-18H2,1-5H3/t22-,23-,28?/m0/s1. The number of fused-ring (bicyclic) bond motifs is 1. The Balaban J connectivity index is 1.39. The molecule has 0 spiro atoms. The zero-order valence-electron chi connectivity index (χ0n) is 24.1. The summed E-state index contributed by atoms with van der Waals surface area (Å²) in [4.78, 5) is 12.5. The molecule has 0 aromatic heterocycles. The van der Waals surface area contributed by atoms with Gasteiger partial charge in [0.25, 0.3) is 0 Å². The van der Waals surface area contributed by atoms with Crippen LogP contribution in [0.1, 0.15) is 80.2 Å². The maximum atomic E-state index is 13.3. The van der Waals surface area contributed by atoms with Gasteiger partial charge >= 0.3 is 16.1 Å². The summed E-state index contributed by atoms with van der Waals surface area (Å²) < 4.78 is 56.3. The lowest BCUT2D eigenvalue weighted by molar-refractivity contribution is -0.209. The van der Waals surface area contributed by atoms with Crippen LogP contribution in [0.25, 0.3) is 0 Å². The minimum atomic E-state index is -4.04. The van der Waals surface area contributed by atoms with Gasteiger partial charge in [-0.2, -0.15) is 8.42 Å². The molecule has 8 nitrogen and oxygen atoms in total. The molecular formula is C31H40O8S. The van der Waals surface area contributed by atoms with Crippen molar-refractivity contribution in [2.75, 3.05) is 6.61 Å². The van der Waals surface area contributed by atoms with Crippen molar-refractivity contribution < 1.29 is 36.3 Å². The van der Waals surface area contributed by atoms with Gasteiger partial charge < -0.3 is 23.1 Å². The molecule has 0 bridgehead atoms. The molecule has 218 valence electrons. The van der Waals surface area contributed by atoms with Crippen LogP contribution in [0.3, 0.4) is 0 Å². The minimum absolute atomic E-state index is 0.109. The molecule has 3 atom stereocenters. The summed E-state index contributed by atoms with van der Waals surface area (Å²) in [6.45, 7) is 10.4. The molecule has 0 saturated carbocycles. The smallest absolute Gasteiger partial charge is 0.339 e. The van der Waals surface area contributed by atoms with Gasteiger partial charge in [-0.25, -0.2) is 0 Å². The lowest BCUT2D eigenvalue weighted by atomic mass is 9.90. The first-order valence-electron chi connectivity index (χ1n) is 14.2. The molecule has 40 heavy (non-hydrogen) atoms. The van der Waals surface area contributed by atoms with Crippen LogP contribution in [-0.4, -0.2) is 45.1 Å². The molecule has 2 aromatic rings. The van der Waals surface area contributed by atoms with Crippen LogP contribution in [-0.2, 0) is 42.0 Å². The Morgan fingerprint density at radius 1 is 1.05 bits per heavy atom. The SMILES string of the molecule is Cc1ccc(S(=O)(=O)Oc2c(C)c(CC[C@H]3C[C@H](OC4CCCCO4)CC(=O)O3)c3c(c2C)CC(C)(C)O3)cc1. The van der Waals surface area contributed by atoms with E-state index in [1.807, 2.05) is 34.6 Å². The van der Waals surface area contributed by atoms with Gasteiger partial charge in [-0.05, 0) is 84.4 Å². The molecule has 3 aliphatic rings. The number of cyclic esters (lactones) is 1. The number of ether oxygens (including phenoxy) is 4. The zero-order valence-corrected chi connectivity index (χ0v) is 24.9. The maximum absolute atomic E-state index is 13.3. The Morgan fingerprint density at radius 2 is 1.80 bits per heavy atom. The van der Waals surface area contributed by atoms with Crippen LogP contribution >= 0.6 is 0 Å². The van der Waals surface area contributed by atoms with E-state index in [-0.39, 0.29) is 35.8 Å². The number of hydrogen-bond acceptors (Lipinski definition) is 8. The molecule has 0 N–H and O–H groups in total. The van der Waals surface area contributed by atoms with Gasteiger partial charge in [-0.3, -0.25) is 4.79 Å². The van der Waals surface area contributed by atoms with E-state index < -0.39 is 15.7 Å². The van der Waals surface area contributed by atoms with Crippen molar-refractivity contribution in [2.45, 2.75) is 115 Å².